The molecule has 0 saturated heterocycles. The molecule has 0 rings (SSSR count). The lowest BCUT2D eigenvalue weighted by Gasteiger charge is -2.20. The van der Waals surface area contributed by atoms with Crippen molar-refractivity contribution in [3.8, 4) is 0 Å². The highest BCUT2D eigenvalue weighted by atomic mass is 35.5. The highest BCUT2D eigenvalue weighted by Crippen LogP contribution is 1.97. The number of halogens is 2. The van der Waals surface area contributed by atoms with Gasteiger partial charge in [-0.05, 0) is 14.0 Å². The Balaban J connectivity index is 3.50. The Kier molecular flexibility index (Phi) is 6.19. The third-order valence-electron chi connectivity index (χ3n) is 1.46. The minimum absolute atomic E-state index is 0.412. The Bertz CT molecular complexity index is 104. The summed E-state index contributed by atoms with van der Waals surface area (Å²) in [5.41, 5.74) is 1.53. The minimum atomic E-state index is 0.412. The van der Waals surface area contributed by atoms with Gasteiger partial charge in [0.25, 0.3) is 0 Å². The first-order valence-corrected chi connectivity index (χ1v) is 4.21. The number of nitrogens with zero attached hydrogens (tertiary/aromatic N) is 1. The Morgan fingerprint density at radius 2 is 2.20 bits per heavy atom. The summed E-state index contributed by atoms with van der Waals surface area (Å²) < 4.78 is 0. The molecule has 60 valence electrons. The van der Waals surface area contributed by atoms with Crippen LogP contribution in [0.15, 0.2) is 11.6 Å². The maximum Gasteiger partial charge on any atom is 0.0376 e. The highest BCUT2D eigenvalue weighted by molar-refractivity contribution is 6.25. The minimum Gasteiger partial charge on any atom is -0.299 e. The summed E-state index contributed by atoms with van der Waals surface area (Å²) in [5.74, 6) is 0.659. The van der Waals surface area contributed by atoms with Crippen molar-refractivity contribution in [3.05, 3.63) is 11.6 Å². The first-order valence-electron chi connectivity index (χ1n) is 3.23. The SMILES string of the molecule is CC(CCl)N(C)C/C=C/Cl. The van der Waals surface area contributed by atoms with Gasteiger partial charge < -0.3 is 0 Å². The van der Waals surface area contributed by atoms with Gasteiger partial charge in [0.05, 0.1) is 0 Å². The molecule has 0 heterocycles. The molecule has 0 aromatic rings. The number of hydrogen-bond donors (Lipinski definition) is 0. The predicted octanol–water partition coefficient (Wildman–Crippen LogP) is 2.30. The van der Waals surface area contributed by atoms with E-state index in [1.54, 1.807) is 0 Å². The van der Waals surface area contributed by atoms with E-state index in [0.717, 1.165) is 6.54 Å². The van der Waals surface area contributed by atoms with Crippen molar-refractivity contribution in [1.29, 1.82) is 0 Å². The van der Waals surface area contributed by atoms with Gasteiger partial charge in [-0.25, -0.2) is 0 Å². The zero-order valence-electron chi connectivity index (χ0n) is 6.35. The molecule has 0 fully saturated rings. The monoisotopic (exact) mass is 181 g/mol. The van der Waals surface area contributed by atoms with E-state index in [1.165, 1.54) is 5.54 Å². The maximum atomic E-state index is 5.63. The lowest BCUT2D eigenvalue weighted by atomic mass is 10.3. The summed E-state index contributed by atoms with van der Waals surface area (Å²) in [6.45, 7) is 2.94. The van der Waals surface area contributed by atoms with Crippen LogP contribution in [0.2, 0.25) is 0 Å². The topological polar surface area (TPSA) is 3.24 Å². The van der Waals surface area contributed by atoms with Gasteiger partial charge in [0.1, 0.15) is 0 Å². The average molecular weight is 182 g/mol. The van der Waals surface area contributed by atoms with Crippen molar-refractivity contribution in [1.82, 2.24) is 4.90 Å². The van der Waals surface area contributed by atoms with Crippen LogP contribution >= 0.6 is 23.2 Å². The van der Waals surface area contributed by atoms with Gasteiger partial charge in [-0.3, -0.25) is 4.90 Å². The summed E-state index contributed by atoms with van der Waals surface area (Å²) in [5, 5.41) is 0. The largest absolute Gasteiger partial charge is 0.299 e. The summed E-state index contributed by atoms with van der Waals surface area (Å²) in [6.07, 6.45) is 1.89. The second-order valence-electron chi connectivity index (χ2n) is 2.30. The Labute approximate surface area is 72.6 Å². The van der Waals surface area contributed by atoms with E-state index < -0.39 is 0 Å². The molecular weight excluding hydrogens is 169 g/mol. The third kappa shape index (κ3) is 4.15. The molecule has 1 atom stereocenters. The van der Waals surface area contributed by atoms with Crippen LogP contribution < -0.4 is 0 Å². The van der Waals surface area contributed by atoms with Crippen molar-refractivity contribution < 1.29 is 0 Å². The van der Waals surface area contributed by atoms with Crippen LogP contribution in [0.1, 0.15) is 6.92 Å². The molecule has 0 aliphatic rings. The predicted molar refractivity (Wildman–Crippen MR) is 47.8 cm³/mol. The van der Waals surface area contributed by atoms with Crippen molar-refractivity contribution in [2.45, 2.75) is 13.0 Å². The molecule has 0 aromatic carbocycles. The standard InChI is InChI=1S/C7H13Cl2N/c1-7(6-9)10(2)5-3-4-8/h3-4,7H,5-6H2,1-2H3/b4-3+. The van der Waals surface area contributed by atoms with E-state index in [9.17, 15) is 0 Å². The fourth-order valence-electron chi connectivity index (χ4n) is 0.504. The summed E-state index contributed by atoms with van der Waals surface area (Å²) in [4.78, 5) is 2.13. The molecule has 1 nitrogen and oxygen atoms in total. The number of likely N-dealkylation sites (N-methyl/N-ethyl adjacent to an activating group) is 1. The van der Waals surface area contributed by atoms with Crippen LogP contribution in [-0.2, 0) is 0 Å². The summed E-state index contributed by atoms with van der Waals surface area (Å²) in [6, 6.07) is 0.412. The quantitative estimate of drug-likeness (QED) is 0.603. The van der Waals surface area contributed by atoms with Gasteiger partial charge in [0.15, 0.2) is 0 Å². The van der Waals surface area contributed by atoms with Crippen molar-refractivity contribution in [2.75, 3.05) is 19.5 Å². The van der Waals surface area contributed by atoms with E-state index in [4.69, 9.17) is 23.2 Å². The molecule has 0 amide bonds. The van der Waals surface area contributed by atoms with E-state index in [1.807, 2.05) is 13.1 Å². The molecule has 0 bridgehead atoms. The van der Waals surface area contributed by atoms with Crippen LogP contribution in [0.5, 0.6) is 0 Å². The second-order valence-corrected chi connectivity index (χ2v) is 2.87. The van der Waals surface area contributed by atoms with Crippen LogP contribution in [0.4, 0.5) is 0 Å². The number of alkyl halides is 1. The molecule has 0 aliphatic carbocycles. The number of hydrogen-bond acceptors (Lipinski definition) is 1. The Morgan fingerprint density at radius 1 is 1.60 bits per heavy atom. The lowest BCUT2D eigenvalue weighted by Crippen LogP contribution is -2.30. The molecule has 0 spiro atoms. The zero-order valence-corrected chi connectivity index (χ0v) is 7.86. The molecule has 0 saturated carbocycles. The summed E-state index contributed by atoms with van der Waals surface area (Å²) >= 11 is 11.0. The molecule has 0 N–H and O–H groups in total. The lowest BCUT2D eigenvalue weighted by molar-refractivity contribution is 0.306. The molecule has 0 radical (unpaired) electrons. The maximum absolute atomic E-state index is 5.63. The van der Waals surface area contributed by atoms with Gasteiger partial charge in [-0.15, -0.1) is 11.6 Å². The zero-order chi connectivity index (χ0) is 7.98. The van der Waals surface area contributed by atoms with Gasteiger partial charge in [-0.1, -0.05) is 17.7 Å². The summed E-state index contributed by atoms with van der Waals surface area (Å²) in [7, 11) is 2.02. The fourth-order valence-corrected chi connectivity index (χ4v) is 0.819. The molecule has 0 aliphatic heterocycles. The first kappa shape index (κ1) is 10.3. The van der Waals surface area contributed by atoms with Crippen molar-refractivity contribution in [3.63, 3.8) is 0 Å². The van der Waals surface area contributed by atoms with Crippen molar-refractivity contribution in [2.24, 2.45) is 0 Å². The smallest absolute Gasteiger partial charge is 0.0376 e. The normalized spacial score (nSPS) is 14.9. The Hall–Kier alpha value is 0.280. The third-order valence-corrected chi connectivity index (χ3v) is 2.08. The van der Waals surface area contributed by atoms with Gasteiger partial charge >= 0.3 is 0 Å². The Morgan fingerprint density at radius 3 is 2.60 bits per heavy atom. The van der Waals surface area contributed by atoms with Gasteiger partial charge in [-0.2, -0.15) is 0 Å². The molecule has 3 heteroatoms. The van der Waals surface area contributed by atoms with Crippen molar-refractivity contribution >= 4 is 23.2 Å². The fraction of sp³-hybridized carbons (Fsp3) is 0.714. The van der Waals surface area contributed by atoms with Gasteiger partial charge in [0.2, 0.25) is 0 Å². The van der Waals surface area contributed by atoms with E-state index >= 15 is 0 Å². The average Bonchev–Trinajstić information content (AvgIpc) is 1.98. The number of rotatable bonds is 4. The van der Waals surface area contributed by atoms with E-state index in [2.05, 4.69) is 11.8 Å². The molecule has 10 heavy (non-hydrogen) atoms. The molecule has 1 unspecified atom stereocenters. The van der Waals surface area contributed by atoms with E-state index in [0.29, 0.717) is 11.9 Å². The van der Waals surface area contributed by atoms with Crippen LogP contribution in [0.25, 0.3) is 0 Å². The molecule has 0 aromatic heterocycles. The van der Waals surface area contributed by atoms with Crippen LogP contribution in [0.3, 0.4) is 0 Å². The van der Waals surface area contributed by atoms with E-state index in [-0.39, 0.29) is 0 Å². The highest BCUT2D eigenvalue weighted by Gasteiger charge is 2.03. The first-order chi connectivity index (χ1) is 4.72. The van der Waals surface area contributed by atoms with Gasteiger partial charge in [0, 0.05) is 24.0 Å². The van der Waals surface area contributed by atoms with Crippen LogP contribution in [-0.4, -0.2) is 30.4 Å². The van der Waals surface area contributed by atoms with Crippen LogP contribution in [0, 0.1) is 0 Å². The second kappa shape index (κ2) is 6.02. The molecular formula is C7H13Cl2N.